The van der Waals surface area contributed by atoms with Gasteiger partial charge in [0.15, 0.2) is 0 Å². The highest BCUT2D eigenvalue weighted by molar-refractivity contribution is 5.97. The highest BCUT2D eigenvalue weighted by Crippen LogP contribution is 2.27. The summed E-state index contributed by atoms with van der Waals surface area (Å²) in [5.74, 6) is 6.47. The molecular weight excluding hydrogens is 366 g/mol. The summed E-state index contributed by atoms with van der Waals surface area (Å²) in [4.78, 5) is 21.7. The predicted octanol–water partition coefficient (Wildman–Crippen LogP) is 2.80. The van der Waals surface area contributed by atoms with Crippen LogP contribution < -0.4 is 4.74 Å². The standard InChI is InChI=1S/C23H35N3O3/c1-6-8-9-10-19-12-20-22(24-13-19)29-21(15-25(5)11-7-2)17(3)14-26(23(20)28)18(4)16-27/h12-13,17-18,21,27H,6-8,11,14-16H2,1-5H3/t17-,18+,21+/m1/s1. The number of aliphatic hydroxyl groups is 1. The third-order valence-corrected chi connectivity index (χ3v) is 5.23. The fourth-order valence-electron chi connectivity index (χ4n) is 3.46. The fraction of sp³-hybridized carbons (Fsp3) is 0.652. The molecule has 160 valence electrons. The number of aliphatic hydroxyl groups excluding tert-OH is 1. The van der Waals surface area contributed by atoms with E-state index in [4.69, 9.17) is 4.74 Å². The third kappa shape index (κ3) is 6.19. The van der Waals surface area contributed by atoms with E-state index < -0.39 is 0 Å². The number of likely N-dealkylation sites (N-methyl/N-ethyl adjacent to an activating group) is 1. The summed E-state index contributed by atoms with van der Waals surface area (Å²) >= 11 is 0. The second-order valence-corrected chi connectivity index (χ2v) is 8.01. The van der Waals surface area contributed by atoms with Gasteiger partial charge in [0.25, 0.3) is 5.91 Å². The lowest BCUT2D eigenvalue weighted by Gasteiger charge is -2.37. The summed E-state index contributed by atoms with van der Waals surface area (Å²) in [6.07, 6.45) is 4.43. The number of ether oxygens (including phenoxy) is 1. The quantitative estimate of drug-likeness (QED) is 0.712. The average Bonchev–Trinajstić information content (AvgIpc) is 2.70. The van der Waals surface area contributed by atoms with Gasteiger partial charge in [-0.25, -0.2) is 4.98 Å². The Morgan fingerprint density at radius 1 is 1.41 bits per heavy atom. The zero-order valence-corrected chi connectivity index (χ0v) is 18.4. The number of pyridine rings is 1. The molecule has 1 aromatic heterocycles. The molecule has 3 atom stereocenters. The van der Waals surface area contributed by atoms with Crippen LogP contribution in [0.1, 0.15) is 62.9 Å². The van der Waals surface area contributed by atoms with Crippen molar-refractivity contribution in [2.45, 2.75) is 59.1 Å². The SMILES string of the molecule is CCCC#Cc1cnc2c(c1)C(=O)N([C@@H](C)CO)C[C@@H](C)[C@H](CN(C)CCC)O2. The van der Waals surface area contributed by atoms with E-state index in [1.807, 2.05) is 6.92 Å². The van der Waals surface area contributed by atoms with E-state index in [1.54, 1.807) is 17.2 Å². The van der Waals surface area contributed by atoms with Crippen molar-refractivity contribution in [2.24, 2.45) is 5.92 Å². The van der Waals surface area contributed by atoms with Crippen LogP contribution in [0.3, 0.4) is 0 Å². The maximum absolute atomic E-state index is 13.3. The molecule has 1 aliphatic heterocycles. The van der Waals surface area contributed by atoms with Crippen LogP contribution in [-0.4, -0.2) is 71.2 Å². The van der Waals surface area contributed by atoms with Gasteiger partial charge in [-0.3, -0.25) is 4.79 Å². The fourth-order valence-corrected chi connectivity index (χ4v) is 3.46. The van der Waals surface area contributed by atoms with Gasteiger partial charge in [-0.2, -0.15) is 0 Å². The van der Waals surface area contributed by atoms with Gasteiger partial charge in [0, 0.05) is 37.2 Å². The summed E-state index contributed by atoms with van der Waals surface area (Å²) < 4.78 is 6.27. The van der Waals surface area contributed by atoms with E-state index in [-0.39, 0.29) is 30.6 Å². The van der Waals surface area contributed by atoms with Crippen molar-refractivity contribution in [3.05, 3.63) is 23.4 Å². The smallest absolute Gasteiger partial charge is 0.259 e. The lowest BCUT2D eigenvalue weighted by molar-refractivity contribution is 0.0331. The zero-order chi connectivity index (χ0) is 21.4. The number of carbonyl (C=O) groups is 1. The molecule has 6 heteroatoms. The highest BCUT2D eigenvalue weighted by Gasteiger charge is 2.34. The van der Waals surface area contributed by atoms with Crippen molar-refractivity contribution < 1.29 is 14.6 Å². The van der Waals surface area contributed by atoms with Crippen LogP contribution in [-0.2, 0) is 0 Å². The lowest BCUT2D eigenvalue weighted by atomic mass is 10.00. The van der Waals surface area contributed by atoms with E-state index in [1.165, 1.54) is 0 Å². The van der Waals surface area contributed by atoms with Crippen LogP contribution in [0.2, 0.25) is 0 Å². The molecular formula is C23H35N3O3. The van der Waals surface area contributed by atoms with Crippen molar-refractivity contribution >= 4 is 5.91 Å². The maximum atomic E-state index is 13.3. The Kier molecular flexibility index (Phi) is 8.94. The third-order valence-electron chi connectivity index (χ3n) is 5.23. The summed E-state index contributed by atoms with van der Waals surface area (Å²) in [6.45, 7) is 10.4. The van der Waals surface area contributed by atoms with E-state index >= 15 is 0 Å². The Bertz CT molecular complexity index is 741. The number of amides is 1. The van der Waals surface area contributed by atoms with Gasteiger partial charge in [0.2, 0.25) is 5.88 Å². The molecule has 1 aliphatic rings. The van der Waals surface area contributed by atoms with Crippen molar-refractivity contribution in [3.63, 3.8) is 0 Å². The van der Waals surface area contributed by atoms with Crippen LogP contribution >= 0.6 is 0 Å². The lowest BCUT2D eigenvalue weighted by Crippen LogP contribution is -2.50. The molecule has 0 saturated heterocycles. The van der Waals surface area contributed by atoms with Gasteiger partial charge in [-0.1, -0.05) is 32.6 Å². The van der Waals surface area contributed by atoms with Crippen molar-refractivity contribution in [1.82, 2.24) is 14.8 Å². The first-order valence-corrected chi connectivity index (χ1v) is 10.7. The predicted molar refractivity (Wildman–Crippen MR) is 115 cm³/mol. The minimum atomic E-state index is -0.278. The van der Waals surface area contributed by atoms with Gasteiger partial charge in [0.05, 0.1) is 12.6 Å². The minimum Gasteiger partial charge on any atom is -0.472 e. The largest absolute Gasteiger partial charge is 0.472 e. The Balaban J connectivity index is 2.42. The monoisotopic (exact) mass is 401 g/mol. The number of rotatable bonds is 7. The van der Waals surface area contributed by atoms with Gasteiger partial charge < -0.3 is 19.6 Å². The number of hydrogen-bond acceptors (Lipinski definition) is 5. The molecule has 0 aliphatic carbocycles. The summed E-state index contributed by atoms with van der Waals surface area (Å²) in [7, 11) is 2.08. The first-order valence-electron chi connectivity index (χ1n) is 10.7. The van der Waals surface area contributed by atoms with E-state index in [0.29, 0.717) is 23.6 Å². The topological polar surface area (TPSA) is 65.9 Å². The molecule has 2 heterocycles. The molecule has 6 nitrogen and oxygen atoms in total. The van der Waals surface area contributed by atoms with Crippen LogP contribution in [0.25, 0.3) is 0 Å². The first kappa shape index (κ1) is 23.2. The molecule has 0 spiro atoms. The van der Waals surface area contributed by atoms with Gasteiger partial charge in [-0.05, 0) is 39.4 Å². The number of carbonyl (C=O) groups excluding carboxylic acids is 1. The second-order valence-electron chi connectivity index (χ2n) is 8.01. The van der Waals surface area contributed by atoms with Crippen LogP contribution in [0, 0.1) is 17.8 Å². The highest BCUT2D eigenvalue weighted by atomic mass is 16.5. The van der Waals surface area contributed by atoms with E-state index in [0.717, 1.165) is 32.4 Å². The normalized spacial score (nSPS) is 20.2. The number of nitrogens with zero attached hydrogens (tertiary/aromatic N) is 3. The van der Waals surface area contributed by atoms with Crippen molar-refractivity contribution in [1.29, 1.82) is 0 Å². The molecule has 1 amide bonds. The van der Waals surface area contributed by atoms with Crippen molar-refractivity contribution in [2.75, 3.05) is 33.3 Å². The van der Waals surface area contributed by atoms with Gasteiger partial charge >= 0.3 is 0 Å². The Morgan fingerprint density at radius 3 is 2.83 bits per heavy atom. The second kappa shape index (κ2) is 11.2. The van der Waals surface area contributed by atoms with Gasteiger partial charge in [0.1, 0.15) is 11.7 Å². The molecule has 0 unspecified atom stereocenters. The Hall–Kier alpha value is -2.10. The van der Waals surface area contributed by atoms with Gasteiger partial charge in [-0.15, -0.1) is 0 Å². The number of aromatic nitrogens is 1. The molecule has 0 fully saturated rings. The molecule has 2 rings (SSSR count). The summed E-state index contributed by atoms with van der Waals surface area (Å²) in [5.41, 5.74) is 1.13. The number of fused-ring (bicyclic) bond motifs is 1. The van der Waals surface area contributed by atoms with Crippen LogP contribution in [0.5, 0.6) is 5.88 Å². The Labute approximate surface area is 175 Å². The average molecular weight is 402 g/mol. The summed E-state index contributed by atoms with van der Waals surface area (Å²) in [6, 6.07) is 1.49. The molecule has 29 heavy (non-hydrogen) atoms. The Morgan fingerprint density at radius 2 is 2.17 bits per heavy atom. The molecule has 0 bridgehead atoms. The minimum absolute atomic E-state index is 0.0848. The van der Waals surface area contributed by atoms with Crippen LogP contribution in [0.15, 0.2) is 12.3 Å². The molecule has 1 N–H and O–H groups in total. The van der Waals surface area contributed by atoms with E-state index in [2.05, 4.69) is 49.5 Å². The van der Waals surface area contributed by atoms with E-state index in [9.17, 15) is 9.90 Å². The van der Waals surface area contributed by atoms with Crippen LogP contribution in [0.4, 0.5) is 0 Å². The number of hydrogen-bond donors (Lipinski definition) is 1. The molecule has 0 aromatic carbocycles. The molecule has 0 radical (unpaired) electrons. The maximum Gasteiger partial charge on any atom is 0.259 e. The number of unbranched alkanes of at least 4 members (excludes halogenated alkanes) is 1. The molecule has 0 saturated carbocycles. The zero-order valence-electron chi connectivity index (χ0n) is 18.4. The first-order chi connectivity index (χ1) is 13.9. The summed E-state index contributed by atoms with van der Waals surface area (Å²) in [5, 5.41) is 9.71. The van der Waals surface area contributed by atoms with Crippen molar-refractivity contribution in [3.8, 4) is 17.7 Å². The molecule has 1 aromatic rings.